The number of carbonyl (C=O) groups is 1. The van der Waals surface area contributed by atoms with E-state index in [1.54, 1.807) is 0 Å². The van der Waals surface area contributed by atoms with Gasteiger partial charge in [-0.25, -0.2) is 5.48 Å². The van der Waals surface area contributed by atoms with Crippen LogP contribution in [-0.4, -0.2) is 19.6 Å². The standard InChI is InChI=1S/C13H19NO3/c1-4-10(2)11-7-5-6-8-12(11)17-9-13(15)14-16-3/h5-8,10H,4,9H2,1-3H3,(H,14,15). The fourth-order valence-electron chi connectivity index (χ4n) is 1.53. The number of hydrogen-bond acceptors (Lipinski definition) is 3. The molecule has 0 radical (unpaired) electrons. The summed E-state index contributed by atoms with van der Waals surface area (Å²) in [5.41, 5.74) is 3.34. The van der Waals surface area contributed by atoms with Gasteiger partial charge in [0.15, 0.2) is 6.61 Å². The second-order valence-corrected chi connectivity index (χ2v) is 3.87. The highest BCUT2D eigenvalue weighted by atomic mass is 16.6. The van der Waals surface area contributed by atoms with Gasteiger partial charge < -0.3 is 4.74 Å². The number of rotatable bonds is 6. The third kappa shape index (κ3) is 4.07. The van der Waals surface area contributed by atoms with Gasteiger partial charge in [0.05, 0.1) is 7.11 Å². The van der Waals surface area contributed by atoms with Crippen LogP contribution in [0.1, 0.15) is 31.7 Å². The lowest BCUT2D eigenvalue weighted by atomic mass is 9.98. The van der Waals surface area contributed by atoms with Crippen LogP contribution in [0.2, 0.25) is 0 Å². The first-order chi connectivity index (χ1) is 8.19. The van der Waals surface area contributed by atoms with Crippen molar-refractivity contribution in [2.45, 2.75) is 26.2 Å². The molecule has 0 aliphatic heterocycles. The summed E-state index contributed by atoms with van der Waals surface area (Å²) >= 11 is 0. The average Bonchev–Trinajstić information content (AvgIpc) is 2.36. The molecule has 1 aromatic rings. The van der Waals surface area contributed by atoms with Crippen molar-refractivity contribution in [3.8, 4) is 5.75 Å². The zero-order valence-corrected chi connectivity index (χ0v) is 10.5. The SMILES string of the molecule is CCC(C)c1ccccc1OCC(=O)NOC. The van der Waals surface area contributed by atoms with Crippen LogP contribution in [0.15, 0.2) is 24.3 Å². The Bertz CT molecular complexity index is 365. The number of benzene rings is 1. The van der Waals surface area contributed by atoms with Gasteiger partial charge in [-0.3, -0.25) is 9.63 Å². The summed E-state index contributed by atoms with van der Waals surface area (Å²) in [6.07, 6.45) is 1.03. The third-order valence-corrected chi connectivity index (χ3v) is 2.64. The van der Waals surface area contributed by atoms with Crippen molar-refractivity contribution in [2.75, 3.05) is 13.7 Å². The molecule has 1 atom stereocenters. The van der Waals surface area contributed by atoms with Crippen LogP contribution in [0.4, 0.5) is 0 Å². The number of ether oxygens (including phenoxy) is 1. The molecule has 0 saturated heterocycles. The maximum absolute atomic E-state index is 11.2. The Kier molecular flexibility index (Phi) is 5.49. The van der Waals surface area contributed by atoms with Gasteiger partial charge in [0, 0.05) is 0 Å². The molecule has 0 aliphatic carbocycles. The van der Waals surface area contributed by atoms with Crippen molar-refractivity contribution in [1.82, 2.24) is 5.48 Å². The Balaban J connectivity index is 2.67. The van der Waals surface area contributed by atoms with Gasteiger partial charge in [0.2, 0.25) is 0 Å². The molecule has 94 valence electrons. The van der Waals surface area contributed by atoms with E-state index in [0.29, 0.717) is 5.92 Å². The van der Waals surface area contributed by atoms with Crippen LogP contribution >= 0.6 is 0 Å². The Morgan fingerprint density at radius 1 is 1.41 bits per heavy atom. The maximum atomic E-state index is 11.2. The van der Waals surface area contributed by atoms with Gasteiger partial charge in [-0.2, -0.15) is 0 Å². The second kappa shape index (κ2) is 6.91. The highest BCUT2D eigenvalue weighted by molar-refractivity contribution is 5.76. The second-order valence-electron chi connectivity index (χ2n) is 3.87. The van der Waals surface area contributed by atoms with E-state index >= 15 is 0 Å². The average molecular weight is 237 g/mol. The van der Waals surface area contributed by atoms with Crippen LogP contribution < -0.4 is 10.2 Å². The molecule has 17 heavy (non-hydrogen) atoms. The largest absolute Gasteiger partial charge is 0.483 e. The molecule has 0 aromatic heterocycles. The fraction of sp³-hybridized carbons (Fsp3) is 0.462. The minimum Gasteiger partial charge on any atom is -0.483 e. The van der Waals surface area contributed by atoms with Gasteiger partial charge in [-0.1, -0.05) is 32.0 Å². The zero-order valence-electron chi connectivity index (χ0n) is 10.5. The number of carbonyl (C=O) groups excluding carboxylic acids is 1. The van der Waals surface area contributed by atoms with E-state index in [1.165, 1.54) is 7.11 Å². The molecule has 0 aliphatic rings. The quantitative estimate of drug-likeness (QED) is 0.772. The lowest BCUT2D eigenvalue weighted by molar-refractivity contribution is -0.133. The fourth-order valence-corrected chi connectivity index (χ4v) is 1.53. The Labute approximate surface area is 102 Å². The van der Waals surface area contributed by atoms with Crippen molar-refractivity contribution in [3.63, 3.8) is 0 Å². The minimum absolute atomic E-state index is 0.0404. The summed E-state index contributed by atoms with van der Waals surface area (Å²) in [5, 5.41) is 0. The summed E-state index contributed by atoms with van der Waals surface area (Å²) in [6, 6.07) is 7.78. The number of hydrogen-bond donors (Lipinski definition) is 1. The van der Waals surface area contributed by atoms with E-state index in [-0.39, 0.29) is 12.5 Å². The normalized spacial score (nSPS) is 11.9. The summed E-state index contributed by atoms with van der Waals surface area (Å²) in [6.45, 7) is 4.22. The molecular formula is C13H19NO3. The molecule has 0 spiro atoms. The molecule has 4 nitrogen and oxygen atoms in total. The number of hydroxylamine groups is 1. The van der Waals surface area contributed by atoms with Crippen LogP contribution in [0.25, 0.3) is 0 Å². The van der Waals surface area contributed by atoms with Crippen LogP contribution in [0, 0.1) is 0 Å². The molecule has 4 heteroatoms. The lowest BCUT2D eigenvalue weighted by Gasteiger charge is -2.15. The smallest absolute Gasteiger partial charge is 0.281 e. The molecule has 1 rings (SSSR count). The first-order valence-corrected chi connectivity index (χ1v) is 5.72. The van der Waals surface area contributed by atoms with Gasteiger partial charge in [-0.05, 0) is 24.0 Å². The van der Waals surface area contributed by atoms with E-state index in [0.717, 1.165) is 17.7 Å². The highest BCUT2D eigenvalue weighted by Gasteiger charge is 2.10. The number of para-hydroxylation sites is 1. The molecule has 1 amide bonds. The van der Waals surface area contributed by atoms with Gasteiger partial charge >= 0.3 is 0 Å². The van der Waals surface area contributed by atoms with E-state index in [2.05, 4.69) is 24.2 Å². The summed E-state index contributed by atoms with van der Waals surface area (Å²) in [5.74, 6) is 0.872. The van der Waals surface area contributed by atoms with Crippen LogP contribution in [0.5, 0.6) is 5.75 Å². The number of nitrogens with one attached hydrogen (secondary N) is 1. The number of amides is 1. The highest BCUT2D eigenvalue weighted by Crippen LogP contribution is 2.28. The van der Waals surface area contributed by atoms with Crippen LogP contribution in [0.3, 0.4) is 0 Å². The van der Waals surface area contributed by atoms with Gasteiger partial charge in [-0.15, -0.1) is 0 Å². The molecule has 0 heterocycles. The van der Waals surface area contributed by atoms with Crippen molar-refractivity contribution in [2.24, 2.45) is 0 Å². The van der Waals surface area contributed by atoms with Crippen molar-refractivity contribution in [3.05, 3.63) is 29.8 Å². The molecule has 1 N–H and O–H groups in total. The predicted molar refractivity (Wildman–Crippen MR) is 65.8 cm³/mol. The molecule has 1 aromatic carbocycles. The third-order valence-electron chi connectivity index (χ3n) is 2.64. The monoisotopic (exact) mass is 237 g/mol. The minimum atomic E-state index is -0.300. The molecule has 0 bridgehead atoms. The summed E-state index contributed by atoms with van der Waals surface area (Å²) in [4.78, 5) is 15.7. The Morgan fingerprint density at radius 2 is 2.12 bits per heavy atom. The first-order valence-electron chi connectivity index (χ1n) is 5.72. The molecule has 1 unspecified atom stereocenters. The molecule has 0 saturated carbocycles. The lowest BCUT2D eigenvalue weighted by Crippen LogP contribution is -2.27. The zero-order chi connectivity index (χ0) is 12.7. The van der Waals surface area contributed by atoms with E-state index in [9.17, 15) is 4.79 Å². The van der Waals surface area contributed by atoms with E-state index < -0.39 is 0 Å². The maximum Gasteiger partial charge on any atom is 0.281 e. The predicted octanol–water partition coefficient (Wildman–Crippen LogP) is 2.26. The van der Waals surface area contributed by atoms with Crippen molar-refractivity contribution >= 4 is 5.91 Å². The van der Waals surface area contributed by atoms with Crippen molar-refractivity contribution in [1.29, 1.82) is 0 Å². The van der Waals surface area contributed by atoms with Crippen molar-refractivity contribution < 1.29 is 14.4 Å². The van der Waals surface area contributed by atoms with Crippen LogP contribution in [-0.2, 0) is 9.63 Å². The topological polar surface area (TPSA) is 47.6 Å². The summed E-state index contributed by atoms with van der Waals surface area (Å²) < 4.78 is 5.48. The summed E-state index contributed by atoms with van der Waals surface area (Å²) in [7, 11) is 1.39. The van der Waals surface area contributed by atoms with E-state index in [1.807, 2.05) is 24.3 Å². The molecule has 0 fully saturated rings. The van der Waals surface area contributed by atoms with E-state index in [4.69, 9.17) is 4.74 Å². The Hall–Kier alpha value is -1.55. The van der Waals surface area contributed by atoms with Gasteiger partial charge in [0.1, 0.15) is 5.75 Å². The molecular weight excluding hydrogens is 218 g/mol. The Morgan fingerprint density at radius 3 is 2.76 bits per heavy atom. The first kappa shape index (κ1) is 13.5. The van der Waals surface area contributed by atoms with Gasteiger partial charge in [0.25, 0.3) is 5.91 Å².